The van der Waals surface area contributed by atoms with Crippen molar-refractivity contribution in [2.24, 2.45) is 5.92 Å². The van der Waals surface area contributed by atoms with Gasteiger partial charge in [0, 0.05) is 42.7 Å². The molecule has 14 heteroatoms. The zero-order valence-electron chi connectivity index (χ0n) is 24.6. The fourth-order valence-electron chi connectivity index (χ4n) is 6.22. The molecule has 3 aliphatic heterocycles. The van der Waals surface area contributed by atoms with E-state index in [4.69, 9.17) is 4.74 Å². The zero-order chi connectivity index (χ0) is 32.0. The van der Waals surface area contributed by atoms with E-state index in [1.807, 2.05) is 38.1 Å². The van der Waals surface area contributed by atoms with Crippen LogP contribution in [0, 0.1) is 5.92 Å². The summed E-state index contributed by atoms with van der Waals surface area (Å²) >= 11 is 1.97. The number of rotatable bonds is 7. The SMILES string of the molecule is CCN(CC)c1ccc([C@H]2c3sc(=O)n(CC(=O)N4CCOCC4)c3SC3C(=O)N(c4cccc(C(F)(F)F)c4)C(=O)C32)cc1. The third-order valence-corrected chi connectivity index (χ3v) is 11.1. The first kappa shape index (κ1) is 31.4. The highest BCUT2D eigenvalue weighted by molar-refractivity contribution is 8.00. The van der Waals surface area contributed by atoms with Crippen molar-refractivity contribution in [1.29, 1.82) is 0 Å². The van der Waals surface area contributed by atoms with Crippen LogP contribution in [0.5, 0.6) is 0 Å². The van der Waals surface area contributed by atoms with Crippen LogP contribution in [0.1, 0.15) is 35.8 Å². The summed E-state index contributed by atoms with van der Waals surface area (Å²) < 4.78 is 47.4. The van der Waals surface area contributed by atoms with Gasteiger partial charge in [-0.1, -0.05) is 41.3 Å². The van der Waals surface area contributed by atoms with Crippen molar-refractivity contribution in [2.45, 2.75) is 42.8 Å². The third-order valence-electron chi connectivity index (χ3n) is 8.52. The van der Waals surface area contributed by atoms with Gasteiger partial charge in [-0.3, -0.25) is 23.7 Å². The molecular weight excluding hydrogens is 629 g/mol. The van der Waals surface area contributed by atoms with Gasteiger partial charge in [0.2, 0.25) is 17.7 Å². The number of halogens is 3. The zero-order valence-corrected chi connectivity index (χ0v) is 26.2. The van der Waals surface area contributed by atoms with Crippen molar-refractivity contribution >= 4 is 52.2 Å². The number of hydrogen-bond acceptors (Lipinski definition) is 8. The Hall–Kier alpha value is -3.62. The van der Waals surface area contributed by atoms with Crippen LogP contribution in [0.15, 0.2) is 58.4 Å². The number of nitrogens with zero attached hydrogens (tertiary/aromatic N) is 4. The maximum absolute atomic E-state index is 14.1. The summed E-state index contributed by atoms with van der Waals surface area (Å²) in [4.78, 5) is 59.4. The quantitative estimate of drug-likeness (QED) is 0.347. The molecule has 2 unspecified atom stereocenters. The van der Waals surface area contributed by atoms with Crippen molar-refractivity contribution in [3.63, 3.8) is 0 Å². The Bertz CT molecular complexity index is 1680. The fraction of sp³-hybridized carbons (Fsp3) is 0.419. The molecule has 9 nitrogen and oxygen atoms in total. The van der Waals surface area contributed by atoms with Crippen molar-refractivity contribution in [2.75, 3.05) is 49.2 Å². The first-order valence-corrected chi connectivity index (χ1v) is 16.4. The number of anilines is 2. The topological polar surface area (TPSA) is 92.2 Å². The lowest BCUT2D eigenvalue weighted by Crippen LogP contribution is -2.43. The second kappa shape index (κ2) is 12.3. The van der Waals surface area contributed by atoms with E-state index in [0.717, 1.165) is 58.9 Å². The summed E-state index contributed by atoms with van der Waals surface area (Å²) in [6.45, 7) is 7.00. The molecule has 238 valence electrons. The second-order valence-corrected chi connectivity index (χ2v) is 13.1. The fourth-order valence-corrected chi connectivity index (χ4v) is 8.99. The lowest BCUT2D eigenvalue weighted by atomic mass is 9.83. The van der Waals surface area contributed by atoms with E-state index in [9.17, 15) is 32.3 Å². The summed E-state index contributed by atoms with van der Waals surface area (Å²) in [5.41, 5.74) is 0.532. The molecule has 2 saturated heterocycles. The molecule has 0 N–H and O–H groups in total. The minimum absolute atomic E-state index is 0.159. The number of fused-ring (bicyclic) bond motifs is 2. The summed E-state index contributed by atoms with van der Waals surface area (Å²) in [7, 11) is 0. The third kappa shape index (κ3) is 5.67. The predicted octanol–water partition coefficient (Wildman–Crippen LogP) is 4.43. The molecule has 4 heterocycles. The highest BCUT2D eigenvalue weighted by atomic mass is 32.2. The number of imide groups is 1. The van der Waals surface area contributed by atoms with Crippen LogP contribution in [-0.4, -0.2) is 71.8 Å². The molecule has 0 spiro atoms. The first-order chi connectivity index (χ1) is 21.5. The smallest absolute Gasteiger partial charge is 0.378 e. The highest BCUT2D eigenvalue weighted by Crippen LogP contribution is 2.54. The first-order valence-electron chi connectivity index (χ1n) is 14.7. The van der Waals surface area contributed by atoms with Gasteiger partial charge in [-0.25, -0.2) is 4.90 Å². The van der Waals surface area contributed by atoms with Crippen molar-refractivity contribution < 1.29 is 32.3 Å². The molecule has 2 aromatic carbocycles. The molecule has 1 aromatic heterocycles. The van der Waals surface area contributed by atoms with Crippen LogP contribution >= 0.6 is 23.1 Å². The van der Waals surface area contributed by atoms with Crippen LogP contribution in [0.4, 0.5) is 24.5 Å². The van der Waals surface area contributed by atoms with E-state index in [-0.39, 0.29) is 23.0 Å². The van der Waals surface area contributed by atoms with E-state index < -0.39 is 40.6 Å². The molecule has 0 radical (unpaired) electrons. The predicted molar refractivity (Wildman–Crippen MR) is 165 cm³/mol. The molecule has 0 bridgehead atoms. The number of thiazole rings is 1. The van der Waals surface area contributed by atoms with E-state index in [1.54, 1.807) is 4.90 Å². The van der Waals surface area contributed by atoms with Gasteiger partial charge in [-0.15, -0.1) is 0 Å². The van der Waals surface area contributed by atoms with Gasteiger partial charge in [0.1, 0.15) is 11.8 Å². The standard InChI is InChI=1S/C31H31F3N4O5S2/c1-3-35(4-2)20-10-8-18(9-11-20)23-24-25(28(41)38(27(24)40)21-7-5-6-19(16-21)31(32,33)34)44-29-26(23)45-30(42)37(29)17-22(39)36-12-14-43-15-13-36/h5-11,16,23-25H,3-4,12-15,17H2,1-2H3/t23-,24?,25?/m1/s1. The van der Waals surface area contributed by atoms with E-state index in [2.05, 4.69) is 4.90 Å². The molecule has 3 aliphatic rings. The number of carbonyl (C=O) groups is 3. The molecule has 45 heavy (non-hydrogen) atoms. The average Bonchev–Trinajstić information content (AvgIpc) is 3.48. The van der Waals surface area contributed by atoms with Crippen LogP contribution in [0.2, 0.25) is 0 Å². The van der Waals surface area contributed by atoms with Gasteiger partial charge >= 0.3 is 11.0 Å². The normalized spacial score (nSPS) is 21.6. The number of hydrogen-bond donors (Lipinski definition) is 0. The summed E-state index contributed by atoms with van der Waals surface area (Å²) in [5.74, 6) is -3.23. The summed E-state index contributed by atoms with van der Waals surface area (Å²) in [6, 6.07) is 11.8. The average molecular weight is 661 g/mol. The molecular formula is C31H31F3N4O5S2. The van der Waals surface area contributed by atoms with Gasteiger partial charge in [0.15, 0.2) is 0 Å². The van der Waals surface area contributed by atoms with Crippen LogP contribution in [0.3, 0.4) is 0 Å². The van der Waals surface area contributed by atoms with Crippen molar-refractivity contribution in [1.82, 2.24) is 9.47 Å². The largest absolute Gasteiger partial charge is 0.416 e. The monoisotopic (exact) mass is 660 g/mol. The molecule has 3 atom stereocenters. The molecule has 2 fully saturated rings. The molecule has 3 aromatic rings. The lowest BCUT2D eigenvalue weighted by molar-refractivity contribution is -0.138. The van der Waals surface area contributed by atoms with Gasteiger partial charge in [0.05, 0.1) is 35.4 Å². The van der Waals surface area contributed by atoms with Gasteiger partial charge in [-0.2, -0.15) is 13.2 Å². The Balaban J connectivity index is 1.43. The number of alkyl halides is 3. The molecule has 0 saturated carbocycles. The Morgan fingerprint density at radius 3 is 2.33 bits per heavy atom. The highest BCUT2D eigenvalue weighted by Gasteiger charge is 2.57. The Labute approximate surface area is 265 Å². The van der Waals surface area contributed by atoms with Gasteiger partial charge in [0.25, 0.3) is 0 Å². The Morgan fingerprint density at radius 1 is 1.00 bits per heavy atom. The molecule has 6 rings (SSSR count). The minimum Gasteiger partial charge on any atom is -0.378 e. The summed E-state index contributed by atoms with van der Waals surface area (Å²) in [6.07, 6.45) is -4.66. The number of ether oxygens (including phenoxy) is 1. The number of thioether (sulfide) groups is 1. The van der Waals surface area contributed by atoms with E-state index >= 15 is 0 Å². The van der Waals surface area contributed by atoms with E-state index in [0.29, 0.717) is 41.8 Å². The summed E-state index contributed by atoms with van der Waals surface area (Å²) in [5, 5.41) is -0.580. The second-order valence-electron chi connectivity index (χ2n) is 11.0. The molecule has 0 aliphatic carbocycles. The van der Waals surface area contributed by atoms with E-state index in [1.165, 1.54) is 16.7 Å². The van der Waals surface area contributed by atoms with Gasteiger partial charge in [-0.05, 0) is 49.7 Å². The number of carbonyl (C=O) groups excluding carboxylic acids is 3. The number of aromatic nitrogens is 1. The maximum Gasteiger partial charge on any atom is 0.416 e. The van der Waals surface area contributed by atoms with Crippen LogP contribution in [-0.2, 0) is 31.8 Å². The maximum atomic E-state index is 14.1. The van der Waals surface area contributed by atoms with Crippen molar-refractivity contribution in [3.05, 3.63) is 74.2 Å². The Kier molecular flexibility index (Phi) is 8.57. The molecule has 3 amide bonds. The minimum atomic E-state index is -4.66. The van der Waals surface area contributed by atoms with Crippen LogP contribution < -0.4 is 14.7 Å². The van der Waals surface area contributed by atoms with Crippen molar-refractivity contribution in [3.8, 4) is 0 Å². The lowest BCUT2D eigenvalue weighted by Gasteiger charge is -2.31. The number of morpholine rings is 1. The van der Waals surface area contributed by atoms with Crippen LogP contribution in [0.25, 0.3) is 0 Å². The Morgan fingerprint density at radius 2 is 1.69 bits per heavy atom. The number of benzene rings is 2. The number of amides is 3. The van der Waals surface area contributed by atoms with Gasteiger partial charge < -0.3 is 14.5 Å².